The van der Waals surface area contributed by atoms with Crippen molar-refractivity contribution in [2.24, 2.45) is 10.7 Å². The first-order valence-electron chi connectivity index (χ1n) is 10.2. The smallest absolute Gasteiger partial charge is 0.255 e. The summed E-state index contributed by atoms with van der Waals surface area (Å²) in [7, 11) is 1.70. The minimum absolute atomic E-state index is 0.114. The van der Waals surface area contributed by atoms with Gasteiger partial charge in [-0.2, -0.15) is 0 Å². The summed E-state index contributed by atoms with van der Waals surface area (Å²) in [5, 5.41) is 6.65. The Morgan fingerprint density at radius 1 is 1.07 bits per heavy atom. The maximum atomic E-state index is 10.8. The fourth-order valence-corrected chi connectivity index (χ4v) is 2.89. The summed E-state index contributed by atoms with van der Waals surface area (Å²) in [6.45, 7) is 6.22. The molecule has 0 radical (unpaired) electrons. The molecule has 0 saturated heterocycles. The molecule has 2 aromatic carbocycles. The molecule has 1 amide bonds. The molecule has 30 heavy (non-hydrogen) atoms. The van der Waals surface area contributed by atoms with E-state index in [1.807, 2.05) is 38.1 Å². The first-order chi connectivity index (χ1) is 14.5. The van der Waals surface area contributed by atoms with Gasteiger partial charge in [-0.25, -0.2) is 0 Å². The first-order valence-corrected chi connectivity index (χ1v) is 10.2. The van der Waals surface area contributed by atoms with Gasteiger partial charge in [-0.3, -0.25) is 9.79 Å². The average molecular weight is 413 g/mol. The lowest BCUT2D eigenvalue weighted by molar-refractivity contribution is -0.119. The number of aryl methyl sites for hydroxylation is 1. The van der Waals surface area contributed by atoms with Crippen LogP contribution >= 0.6 is 0 Å². The molecule has 7 heteroatoms. The van der Waals surface area contributed by atoms with Gasteiger partial charge in [-0.15, -0.1) is 0 Å². The number of methoxy groups -OCH3 is 1. The zero-order valence-electron chi connectivity index (χ0n) is 18.0. The van der Waals surface area contributed by atoms with Crippen LogP contribution in [0, 0.1) is 6.92 Å². The van der Waals surface area contributed by atoms with E-state index in [4.69, 9.17) is 15.2 Å². The van der Waals surface area contributed by atoms with Crippen LogP contribution in [0.25, 0.3) is 0 Å². The summed E-state index contributed by atoms with van der Waals surface area (Å²) in [6.07, 6.45) is 1.69. The summed E-state index contributed by atoms with van der Waals surface area (Å²) in [4.78, 5) is 15.4. The summed E-state index contributed by atoms with van der Waals surface area (Å²) >= 11 is 0. The number of amides is 1. The maximum absolute atomic E-state index is 10.8. The Bertz CT molecular complexity index is 835. The highest BCUT2D eigenvalue weighted by Gasteiger charge is 2.03. The summed E-state index contributed by atoms with van der Waals surface area (Å²) in [5.74, 6) is 1.86. The van der Waals surface area contributed by atoms with E-state index in [0.29, 0.717) is 12.3 Å². The number of ether oxygens (including phenoxy) is 2. The van der Waals surface area contributed by atoms with Crippen molar-refractivity contribution in [3.8, 4) is 11.5 Å². The van der Waals surface area contributed by atoms with Crippen LogP contribution in [0.4, 0.5) is 0 Å². The van der Waals surface area contributed by atoms with E-state index in [0.717, 1.165) is 48.8 Å². The van der Waals surface area contributed by atoms with Crippen molar-refractivity contribution in [2.75, 3.05) is 33.4 Å². The van der Waals surface area contributed by atoms with Gasteiger partial charge in [0.25, 0.3) is 5.91 Å². The predicted molar refractivity (Wildman–Crippen MR) is 120 cm³/mol. The number of carbonyl (C=O) groups is 1. The second-order valence-electron chi connectivity index (χ2n) is 6.89. The number of carbonyl (C=O) groups excluding carboxylic acids is 1. The highest BCUT2D eigenvalue weighted by Crippen LogP contribution is 2.19. The fraction of sp³-hybridized carbons (Fsp3) is 0.391. The highest BCUT2D eigenvalue weighted by atomic mass is 16.5. The summed E-state index contributed by atoms with van der Waals surface area (Å²) in [5.41, 5.74) is 8.58. The molecule has 0 spiro atoms. The monoisotopic (exact) mass is 412 g/mol. The molecule has 0 aliphatic carbocycles. The molecule has 0 saturated carbocycles. The van der Waals surface area contributed by atoms with E-state index in [-0.39, 0.29) is 6.61 Å². The Balaban J connectivity index is 1.81. The number of hydrogen-bond acceptors (Lipinski definition) is 4. The minimum atomic E-state index is -0.488. The maximum Gasteiger partial charge on any atom is 0.255 e. The van der Waals surface area contributed by atoms with Gasteiger partial charge in [0.05, 0.1) is 7.11 Å². The van der Waals surface area contributed by atoms with E-state index in [1.165, 1.54) is 5.56 Å². The predicted octanol–water partition coefficient (Wildman–Crippen LogP) is 2.21. The Morgan fingerprint density at radius 3 is 2.47 bits per heavy atom. The number of nitrogens with two attached hydrogens (primary N) is 1. The quantitative estimate of drug-likeness (QED) is 0.388. The van der Waals surface area contributed by atoms with Crippen LogP contribution in [-0.4, -0.2) is 45.2 Å². The Morgan fingerprint density at radius 2 is 1.80 bits per heavy atom. The Labute approximate surface area is 178 Å². The van der Waals surface area contributed by atoms with E-state index in [2.05, 4.69) is 33.8 Å². The first kappa shape index (κ1) is 23.1. The zero-order chi connectivity index (χ0) is 21.8. The molecule has 0 aromatic heterocycles. The van der Waals surface area contributed by atoms with Gasteiger partial charge in [-0.05, 0) is 61.6 Å². The second kappa shape index (κ2) is 12.4. The third kappa shape index (κ3) is 8.03. The van der Waals surface area contributed by atoms with Gasteiger partial charge >= 0.3 is 0 Å². The molecule has 4 N–H and O–H groups in total. The number of rotatable bonds is 11. The number of hydrogen-bond donors (Lipinski definition) is 3. The molecule has 0 unspecified atom stereocenters. The van der Waals surface area contributed by atoms with Gasteiger partial charge in [0.1, 0.15) is 11.5 Å². The van der Waals surface area contributed by atoms with Crippen LogP contribution in [0.5, 0.6) is 11.5 Å². The van der Waals surface area contributed by atoms with Crippen LogP contribution in [0.15, 0.2) is 47.5 Å². The Hall–Kier alpha value is -3.22. The second-order valence-corrected chi connectivity index (χ2v) is 6.89. The molecular weight excluding hydrogens is 380 g/mol. The zero-order valence-corrected chi connectivity index (χ0v) is 18.0. The minimum Gasteiger partial charge on any atom is -0.496 e. The van der Waals surface area contributed by atoms with Crippen LogP contribution in [0.3, 0.4) is 0 Å². The highest BCUT2D eigenvalue weighted by molar-refractivity contribution is 5.79. The van der Waals surface area contributed by atoms with Crippen LogP contribution < -0.4 is 25.8 Å². The standard InChI is InChI=1S/C23H32N4O3/c1-4-25-23(27-14-12-19-6-5-17(2)21(15-19)29-3)26-13-11-18-7-9-20(10-8-18)30-16-22(24)28/h5-10,15H,4,11-14,16H2,1-3H3,(H2,24,28)(H2,25,26,27). The largest absolute Gasteiger partial charge is 0.496 e. The Kier molecular flexibility index (Phi) is 9.51. The summed E-state index contributed by atoms with van der Waals surface area (Å²) < 4.78 is 10.7. The molecule has 0 heterocycles. The molecule has 0 atom stereocenters. The number of nitrogens with zero attached hydrogens (tertiary/aromatic N) is 1. The lowest BCUT2D eigenvalue weighted by atomic mass is 10.1. The molecule has 162 valence electrons. The van der Waals surface area contributed by atoms with Crippen LogP contribution in [0.1, 0.15) is 23.6 Å². The van der Waals surface area contributed by atoms with Gasteiger partial charge in [0, 0.05) is 19.6 Å². The van der Waals surface area contributed by atoms with Crippen molar-refractivity contribution in [3.05, 3.63) is 59.2 Å². The molecule has 7 nitrogen and oxygen atoms in total. The average Bonchev–Trinajstić information content (AvgIpc) is 2.74. The normalized spacial score (nSPS) is 11.1. The van der Waals surface area contributed by atoms with E-state index in [1.54, 1.807) is 7.11 Å². The van der Waals surface area contributed by atoms with Crippen molar-refractivity contribution in [1.82, 2.24) is 10.6 Å². The van der Waals surface area contributed by atoms with Crippen molar-refractivity contribution in [1.29, 1.82) is 0 Å². The van der Waals surface area contributed by atoms with Crippen molar-refractivity contribution in [3.63, 3.8) is 0 Å². The lowest BCUT2D eigenvalue weighted by Gasteiger charge is -2.12. The number of primary amides is 1. The fourth-order valence-electron chi connectivity index (χ4n) is 2.89. The third-order valence-electron chi connectivity index (χ3n) is 4.50. The van der Waals surface area contributed by atoms with Crippen molar-refractivity contribution < 1.29 is 14.3 Å². The molecule has 2 aromatic rings. The van der Waals surface area contributed by atoms with E-state index >= 15 is 0 Å². The van der Waals surface area contributed by atoms with Gasteiger partial charge in [0.15, 0.2) is 12.6 Å². The van der Waals surface area contributed by atoms with Crippen molar-refractivity contribution >= 4 is 11.9 Å². The van der Waals surface area contributed by atoms with Gasteiger partial charge < -0.3 is 25.8 Å². The lowest BCUT2D eigenvalue weighted by Crippen LogP contribution is -2.38. The van der Waals surface area contributed by atoms with E-state index < -0.39 is 5.91 Å². The summed E-state index contributed by atoms with van der Waals surface area (Å²) in [6, 6.07) is 13.9. The van der Waals surface area contributed by atoms with Gasteiger partial charge in [-0.1, -0.05) is 24.3 Å². The third-order valence-corrected chi connectivity index (χ3v) is 4.50. The number of benzene rings is 2. The van der Waals surface area contributed by atoms with Gasteiger partial charge in [0.2, 0.25) is 0 Å². The molecule has 0 bridgehead atoms. The number of aliphatic imine (C=N–C) groups is 1. The topological polar surface area (TPSA) is 98.0 Å². The van der Waals surface area contributed by atoms with Crippen molar-refractivity contribution in [2.45, 2.75) is 26.7 Å². The van der Waals surface area contributed by atoms with E-state index in [9.17, 15) is 4.79 Å². The molecule has 0 aliphatic rings. The molecule has 0 aliphatic heterocycles. The number of nitrogens with one attached hydrogen (secondary N) is 2. The molecule has 2 rings (SSSR count). The molecular formula is C23H32N4O3. The number of guanidine groups is 1. The van der Waals surface area contributed by atoms with Crippen LogP contribution in [0.2, 0.25) is 0 Å². The molecule has 0 fully saturated rings. The van der Waals surface area contributed by atoms with Crippen LogP contribution in [-0.2, 0) is 17.6 Å². The SMILES string of the molecule is CCNC(=NCCc1ccc(OCC(N)=O)cc1)NCCc1ccc(C)c(OC)c1.